The quantitative estimate of drug-likeness (QED) is 0.469. The van der Waals surface area contributed by atoms with Gasteiger partial charge in [-0.25, -0.2) is 0 Å². The Morgan fingerprint density at radius 2 is 1.88 bits per heavy atom. The van der Waals surface area contributed by atoms with Crippen LogP contribution in [0.15, 0.2) is 30.3 Å². The van der Waals surface area contributed by atoms with Crippen LogP contribution < -0.4 is 0 Å². The molecule has 3 heteroatoms. The van der Waals surface area contributed by atoms with Crippen molar-refractivity contribution in [1.82, 2.24) is 0 Å². The van der Waals surface area contributed by atoms with E-state index in [1.165, 1.54) is 19.4 Å². The lowest BCUT2D eigenvalue weighted by Gasteiger charge is -2.17. The first-order chi connectivity index (χ1) is 7.97. The van der Waals surface area contributed by atoms with Crippen LogP contribution in [0.4, 0.5) is 0 Å². The molecule has 0 aliphatic heterocycles. The molecule has 1 aromatic rings. The van der Waals surface area contributed by atoms with Crippen molar-refractivity contribution < 1.29 is 14.6 Å². The molecule has 0 heterocycles. The molecule has 0 unspecified atom stereocenters. The van der Waals surface area contributed by atoms with Crippen LogP contribution in [0.2, 0.25) is 0 Å². The minimum Gasteiger partial charge on any atom is -0.434 e. The van der Waals surface area contributed by atoms with Gasteiger partial charge in [0.1, 0.15) is 0 Å². The Hall–Kier alpha value is -1.35. The lowest BCUT2D eigenvalue weighted by atomic mass is 10.1. The molecule has 1 rings (SSSR count). The minimum absolute atomic E-state index is 0.342. The smallest absolute Gasteiger partial charge is 0.308 e. The zero-order valence-corrected chi connectivity index (χ0v) is 10.5. The average Bonchev–Trinajstić information content (AvgIpc) is 2.23. The van der Waals surface area contributed by atoms with Crippen LogP contribution >= 0.6 is 0 Å². The number of aryl methyl sites for hydroxylation is 1. The number of esters is 1. The molecule has 3 nitrogen and oxygen atoms in total. The Morgan fingerprint density at radius 1 is 1.24 bits per heavy atom. The molecule has 0 radical (unpaired) electrons. The topological polar surface area (TPSA) is 46.5 Å². The number of aliphatic hydroxyl groups is 1. The Balaban J connectivity index is 2.14. The zero-order valence-electron chi connectivity index (χ0n) is 10.5. The molecule has 0 aromatic heterocycles. The standard InChI is InChI=1S/C14H20O3/c1-14(2,16)17-13(15)11-7-6-10-12-8-4-3-5-9-12/h3-5,8-9,16H,6-7,10-11H2,1-2H3. The van der Waals surface area contributed by atoms with Gasteiger partial charge in [-0.05, 0) is 24.8 Å². The Kier molecular flexibility index (Phi) is 5.16. The molecular weight excluding hydrogens is 216 g/mol. The maximum atomic E-state index is 11.3. The van der Waals surface area contributed by atoms with Gasteiger partial charge in [0.05, 0.1) is 0 Å². The summed E-state index contributed by atoms with van der Waals surface area (Å²) in [6.45, 7) is 2.91. The van der Waals surface area contributed by atoms with Crippen LogP contribution in [-0.4, -0.2) is 16.9 Å². The van der Waals surface area contributed by atoms with Crippen LogP contribution in [0, 0.1) is 0 Å². The number of benzene rings is 1. The molecular formula is C14H20O3. The number of ether oxygens (including phenoxy) is 1. The highest BCUT2D eigenvalue weighted by molar-refractivity contribution is 5.69. The predicted molar refractivity (Wildman–Crippen MR) is 66.4 cm³/mol. The maximum Gasteiger partial charge on any atom is 0.308 e. The molecule has 0 saturated carbocycles. The monoisotopic (exact) mass is 236 g/mol. The van der Waals surface area contributed by atoms with Gasteiger partial charge >= 0.3 is 5.97 Å². The van der Waals surface area contributed by atoms with E-state index in [1.54, 1.807) is 0 Å². The normalized spacial score (nSPS) is 11.2. The molecule has 1 aromatic carbocycles. The largest absolute Gasteiger partial charge is 0.434 e. The summed E-state index contributed by atoms with van der Waals surface area (Å²) in [5.41, 5.74) is 1.28. The van der Waals surface area contributed by atoms with Crippen molar-refractivity contribution in [2.24, 2.45) is 0 Å². The predicted octanol–water partition coefficient (Wildman–Crippen LogP) is 2.67. The van der Waals surface area contributed by atoms with Gasteiger partial charge in [0.15, 0.2) is 0 Å². The van der Waals surface area contributed by atoms with Gasteiger partial charge in [0.2, 0.25) is 5.79 Å². The third-order valence-electron chi connectivity index (χ3n) is 2.30. The zero-order chi connectivity index (χ0) is 12.7. The third-order valence-corrected chi connectivity index (χ3v) is 2.30. The SMILES string of the molecule is CC(C)(O)OC(=O)CCCCc1ccccc1. The number of hydrogen-bond acceptors (Lipinski definition) is 3. The molecule has 0 fully saturated rings. The fourth-order valence-corrected chi connectivity index (χ4v) is 1.57. The number of unbranched alkanes of at least 4 members (excludes halogenated alkanes) is 1. The van der Waals surface area contributed by atoms with E-state index in [1.807, 2.05) is 18.2 Å². The van der Waals surface area contributed by atoms with Crippen LogP contribution in [0.1, 0.15) is 38.7 Å². The molecule has 0 atom stereocenters. The molecule has 0 spiro atoms. The fraction of sp³-hybridized carbons (Fsp3) is 0.500. The summed E-state index contributed by atoms with van der Waals surface area (Å²) >= 11 is 0. The van der Waals surface area contributed by atoms with Gasteiger partial charge in [0.25, 0.3) is 0 Å². The van der Waals surface area contributed by atoms with E-state index in [-0.39, 0.29) is 5.97 Å². The van der Waals surface area contributed by atoms with Gasteiger partial charge in [0, 0.05) is 20.3 Å². The van der Waals surface area contributed by atoms with E-state index in [0.29, 0.717) is 6.42 Å². The van der Waals surface area contributed by atoms with Crippen molar-refractivity contribution in [1.29, 1.82) is 0 Å². The first kappa shape index (κ1) is 13.7. The number of carbonyl (C=O) groups excluding carboxylic acids is 1. The lowest BCUT2D eigenvalue weighted by molar-refractivity contribution is -0.194. The summed E-state index contributed by atoms with van der Waals surface area (Å²) in [7, 11) is 0. The van der Waals surface area contributed by atoms with E-state index in [0.717, 1.165) is 19.3 Å². The number of hydrogen-bond donors (Lipinski definition) is 1. The molecule has 1 N–H and O–H groups in total. The first-order valence-electron chi connectivity index (χ1n) is 5.95. The van der Waals surface area contributed by atoms with Gasteiger partial charge in [-0.2, -0.15) is 0 Å². The molecule has 0 amide bonds. The second-order valence-corrected chi connectivity index (χ2v) is 4.61. The second kappa shape index (κ2) is 6.40. The van der Waals surface area contributed by atoms with Gasteiger partial charge in [-0.1, -0.05) is 30.3 Å². The summed E-state index contributed by atoms with van der Waals surface area (Å²) in [6, 6.07) is 10.2. The summed E-state index contributed by atoms with van der Waals surface area (Å²) in [4.78, 5) is 11.3. The van der Waals surface area contributed by atoms with Crippen molar-refractivity contribution in [2.45, 2.75) is 45.3 Å². The van der Waals surface area contributed by atoms with E-state index >= 15 is 0 Å². The molecule has 0 aliphatic carbocycles. The first-order valence-corrected chi connectivity index (χ1v) is 5.95. The van der Waals surface area contributed by atoms with Gasteiger partial charge in [-0.15, -0.1) is 0 Å². The van der Waals surface area contributed by atoms with E-state index in [2.05, 4.69) is 12.1 Å². The van der Waals surface area contributed by atoms with Crippen molar-refractivity contribution in [3.63, 3.8) is 0 Å². The van der Waals surface area contributed by atoms with Crippen LogP contribution in [0.5, 0.6) is 0 Å². The minimum atomic E-state index is -1.36. The summed E-state index contributed by atoms with van der Waals surface area (Å²) in [6.07, 6.45) is 3.06. The lowest BCUT2D eigenvalue weighted by Crippen LogP contribution is -2.27. The van der Waals surface area contributed by atoms with E-state index < -0.39 is 5.79 Å². The highest BCUT2D eigenvalue weighted by Gasteiger charge is 2.17. The van der Waals surface area contributed by atoms with Crippen molar-refractivity contribution >= 4 is 5.97 Å². The fourth-order valence-electron chi connectivity index (χ4n) is 1.57. The summed E-state index contributed by atoms with van der Waals surface area (Å²) < 4.78 is 4.81. The van der Waals surface area contributed by atoms with Crippen LogP contribution in [-0.2, 0) is 16.0 Å². The van der Waals surface area contributed by atoms with Crippen molar-refractivity contribution in [3.8, 4) is 0 Å². The van der Waals surface area contributed by atoms with Crippen molar-refractivity contribution in [2.75, 3.05) is 0 Å². The Bertz CT molecular complexity index is 338. The number of rotatable bonds is 6. The molecule has 0 saturated heterocycles. The van der Waals surface area contributed by atoms with Crippen LogP contribution in [0.25, 0.3) is 0 Å². The number of carbonyl (C=O) groups is 1. The van der Waals surface area contributed by atoms with Crippen LogP contribution in [0.3, 0.4) is 0 Å². The van der Waals surface area contributed by atoms with E-state index in [9.17, 15) is 9.90 Å². The van der Waals surface area contributed by atoms with Gasteiger partial charge in [-0.3, -0.25) is 4.79 Å². The molecule has 0 bridgehead atoms. The van der Waals surface area contributed by atoms with Gasteiger partial charge < -0.3 is 9.84 Å². The Labute approximate surface area is 102 Å². The Morgan fingerprint density at radius 3 is 2.47 bits per heavy atom. The van der Waals surface area contributed by atoms with E-state index in [4.69, 9.17) is 4.74 Å². The highest BCUT2D eigenvalue weighted by atomic mass is 16.7. The maximum absolute atomic E-state index is 11.3. The summed E-state index contributed by atoms with van der Waals surface area (Å²) in [5, 5.41) is 9.28. The highest BCUT2D eigenvalue weighted by Crippen LogP contribution is 2.09. The molecule has 17 heavy (non-hydrogen) atoms. The van der Waals surface area contributed by atoms with Crippen molar-refractivity contribution in [3.05, 3.63) is 35.9 Å². The molecule has 0 aliphatic rings. The summed E-state index contributed by atoms with van der Waals surface area (Å²) in [5.74, 6) is -1.71. The second-order valence-electron chi connectivity index (χ2n) is 4.61. The third kappa shape index (κ3) is 6.74. The average molecular weight is 236 g/mol. The molecule has 94 valence electrons.